The Morgan fingerprint density at radius 2 is 1.71 bits per heavy atom. The molecule has 1 aliphatic heterocycles. The van der Waals surface area contributed by atoms with E-state index in [-0.39, 0.29) is 18.0 Å². The van der Waals surface area contributed by atoms with E-state index in [0.717, 1.165) is 23.3 Å². The van der Waals surface area contributed by atoms with E-state index in [2.05, 4.69) is 10.1 Å². The molecular formula is C22H17F3N2O4. The number of halogens is 3. The number of alkyl halides is 3. The van der Waals surface area contributed by atoms with Crippen molar-refractivity contribution in [2.24, 2.45) is 0 Å². The first-order chi connectivity index (χ1) is 14.8. The maximum Gasteiger partial charge on any atom is 0.573 e. The smallest absolute Gasteiger partial charge is 0.459 e. The van der Waals surface area contributed by atoms with Crippen LogP contribution < -0.4 is 10.1 Å². The Bertz CT molecular complexity index is 1080. The molecule has 0 fully saturated rings. The monoisotopic (exact) mass is 430 g/mol. The van der Waals surface area contributed by atoms with Crippen LogP contribution >= 0.6 is 0 Å². The first kappa shape index (κ1) is 20.5. The lowest BCUT2D eigenvalue weighted by molar-refractivity contribution is -0.274. The molecule has 31 heavy (non-hydrogen) atoms. The molecule has 3 aromatic rings. The van der Waals surface area contributed by atoms with Gasteiger partial charge >= 0.3 is 6.36 Å². The van der Waals surface area contributed by atoms with Crippen LogP contribution in [0.2, 0.25) is 0 Å². The minimum Gasteiger partial charge on any atom is -0.459 e. The maximum absolute atomic E-state index is 13.0. The van der Waals surface area contributed by atoms with Gasteiger partial charge in [-0.15, -0.1) is 13.2 Å². The molecule has 2 heterocycles. The van der Waals surface area contributed by atoms with Crippen molar-refractivity contribution in [1.82, 2.24) is 4.90 Å². The van der Waals surface area contributed by atoms with Crippen LogP contribution in [0.25, 0.3) is 0 Å². The van der Waals surface area contributed by atoms with Gasteiger partial charge < -0.3 is 19.4 Å². The highest BCUT2D eigenvalue weighted by Crippen LogP contribution is 2.27. The van der Waals surface area contributed by atoms with Crippen LogP contribution in [0.1, 0.15) is 21.7 Å². The van der Waals surface area contributed by atoms with E-state index < -0.39 is 30.0 Å². The number of hydrogen-bond acceptors (Lipinski definition) is 4. The molecule has 0 saturated carbocycles. The second kappa shape index (κ2) is 8.17. The summed E-state index contributed by atoms with van der Waals surface area (Å²) < 4.78 is 46.0. The van der Waals surface area contributed by atoms with Crippen LogP contribution in [-0.4, -0.2) is 29.1 Å². The molecule has 2 aromatic carbocycles. The average molecular weight is 430 g/mol. The predicted molar refractivity (Wildman–Crippen MR) is 104 cm³/mol. The zero-order valence-electron chi connectivity index (χ0n) is 16.1. The largest absolute Gasteiger partial charge is 0.573 e. The minimum absolute atomic E-state index is 0.117. The molecule has 1 atom stereocenters. The average Bonchev–Trinajstić information content (AvgIpc) is 3.27. The summed E-state index contributed by atoms with van der Waals surface area (Å²) in [5.41, 5.74) is 2.16. The number of furan rings is 1. The first-order valence-corrected chi connectivity index (χ1v) is 9.38. The number of fused-ring (bicyclic) bond motifs is 1. The van der Waals surface area contributed by atoms with E-state index in [1.165, 1.54) is 29.4 Å². The third-order valence-corrected chi connectivity index (χ3v) is 4.90. The molecule has 1 aliphatic rings. The van der Waals surface area contributed by atoms with E-state index in [0.29, 0.717) is 6.42 Å². The number of ether oxygens (including phenoxy) is 1. The Kier molecular flexibility index (Phi) is 5.41. The number of rotatable bonds is 4. The second-order valence-corrected chi connectivity index (χ2v) is 6.96. The summed E-state index contributed by atoms with van der Waals surface area (Å²) in [5, 5.41) is 2.66. The van der Waals surface area contributed by atoms with Crippen molar-refractivity contribution in [3.8, 4) is 5.75 Å². The predicted octanol–water partition coefficient (Wildman–Crippen LogP) is 4.38. The Morgan fingerprint density at radius 1 is 1.00 bits per heavy atom. The Morgan fingerprint density at radius 3 is 2.35 bits per heavy atom. The number of benzene rings is 2. The molecule has 0 bridgehead atoms. The highest BCUT2D eigenvalue weighted by atomic mass is 19.4. The molecule has 160 valence electrons. The van der Waals surface area contributed by atoms with E-state index in [1.54, 1.807) is 6.07 Å². The van der Waals surface area contributed by atoms with Crippen molar-refractivity contribution >= 4 is 17.5 Å². The summed E-state index contributed by atoms with van der Waals surface area (Å²) in [4.78, 5) is 27.4. The van der Waals surface area contributed by atoms with Gasteiger partial charge in [-0.05, 0) is 47.5 Å². The first-order valence-electron chi connectivity index (χ1n) is 9.38. The van der Waals surface area contributed by atoms with Gasteiger partial charge in [0.15, 0.2) is 5.76 Å². The van der Waals surface area contributed by atoms with Gasteiger partial charge in [-0.25, -0.2) is 0 Å². The van der Waals surface area contributed by atoms with Crippen LogP contribution in [0.3, 0.4) is 0 Å². The van der Waals surface area contributed by atoms with Crippen molar-refractivity contribution in [3.05, 3.63) is 83.8 Å². The highest BCUT2D eigenvalue weighted by molar-refractivity contribution is 6.00. The van der Waals surface area contributed by atoms with Crippen LogP contribution in [0.15, 0.2) is 71.3 Å². The Balaban J connectivity index is 1.55. The number of nitrogens with one attached hydrogen (secondary N) is 1. The maximum atomic E-state index is 13.0. The summed E-state index contributed by atoms with van der Waals surface area (Å²) in [6, 6.07) is 14.6. The van der Waals surface area contributed by atoms with Crippen LogP contribution in [0.5, 0.6) is 5.75 Å². The summed E-state index contributed by atoms with van der Waals surface area (Å²) in [7, 11) is 0. The van der Waals surface area contributed by atoms with Gasteiger partial charge in [0.25, 0.3) is 5.91 Å². The lowest BCUT2D eigenvalue weighted by Crippen LogP contribution is -2.50. The van der Waals surface area contributed by atoms with Crippen LogP contribution in [0.4, 0.5) is 18.9 Å². The highest BCUT2D eigenvalue weighted by Gasteiger charge is 2.36. The number of carbonyl (C=O) groups excluding carboxylic acids is 2. The van der Waals surface area contributed by atoms with Crippen molar-refractivity contribution in [2.75, 3.05) is 5.32 Å². The standard InChI is InChI=1S/C22H17F3N2O4/c23-22(24,25)31-17-9-7-16(8-10-17)26-20(28)18-12-14-4-1-2-5-15(14)13-27(18)21(29)19-6-3-11-30-19/h1-11,18H,12-13H2,(H,26,28). The summed E-state index contributed by atoms with van der Waals surface area (Å²) >= 11 is 0. The Hall–Kier alpha value is -3.75. The van der Waals surface area contributed by atoms with Crippen LogP contribution in [0, 0.1) is 0 Å². The Labute approximate surface area is 175 Å². The second-order valence-electron chi connectivity index (χ2n) is 6.96. The third kappa shape index (κ3) is 4.71. The molecule has 9 heteroatoms. The number of nitrogens with zero attached hydrogens (tertiary/aromatic N) is 1. The van der Waals surface area contributed by atoms with Crippen molar-refractivity contribution < 1.29 is 31.9 Å². The topological polar surface area (TPSA) is 71.8 Å². The lowest BCUT2D eigenvalue weighted by atomic mass is 9.93. The molecule has 1 aromatic heterocycles. The zero-order valence-corrected chi connectivity index (χ0v) is 16.1. The normalized spacial score (nSPS) is 15.8. The molecular weight excluding hydrogens is 413 g/mol. The number of anilines is 1. The fraction of sp³-hybridized carbons (Fsp3) is 0.182. The molecule has 4 rings (SSSR count). The van der Waals surface area contributed by atoms with Gasteiger partial charge in [0.2, 0.25) is 5.91 Å². The molecule has 0 spiro atoms. The van der Waals surface area contributed by atoms with Crippen LogP contribution in [-0.2, 0) is 17.8 Å². The molecule has 1 N–H and O–H groups in total. The fourth-order valence-corrected chi connectivity index (χ4v) is 3.48. The van der Waals surface area contributed by atoms with Gasteiger partial charge in [-0.1, -0.05) is 24.3 Å². The molecule has 0 radical (unpaired) electrons. The SMILES string of the molecule is O=C(Nc1ccc(OC(F)(F)F)cc1)C1Cc2ccccc2CN1C(=O)c1ccco1. The lowest BCUT2D eigenvalue weighted by Gasteiger charge is -2.35. The van der Waals surface area contributed by atoms with E-state index in [1.807, 2.05) is 24.3 Å². The fourth-order valence-electron chi connectivity index (χ4n) is 3.48. The number of hydrogen-bond donors (Lipinski definition) is 1. The van der Waals surface area contributed by atoms with Gasteiger partial charge in [-0.2, -0.15) is 0 Å². The molecule has 0 aliphatic carbocycles. The minimum atomic E-state index is -4.80. The molecule has 1 unspecified atom stereocenters. The van der Waals surface area contributed by atoms with Crippen molar-refractivity contribution in [2.45, 2.75) is 25.4 Å². The van der Waals surface area contributed by atoms with Gasteiger partial charge in [0.05, 0.1) is 6.26 Å². The van der Waals surface area contributed by atoms with E-state index >= 15 is 0 Å². The van der Waals surface area contributed by atoms with Gasteiger partial charge in [-0.3, -0.25) is 9.59 Å². The van der Waals surface area contributed by atoms with E-state index in [4.69, 9.17) is 4.42 Å². The van der Waals surface area contributed by atoms with Crippen molar-refractivity contribution in [1.29, 1.82) is 0 Å². The van der Waals surface area contributed by atoms with Gasteiger partial charge in [0.1, 0.15) is 11.8 Å². The van der Waals surface area contributed by atoms with Crippen molar-refractivity contribution in [3.63, 3.8) is 0 Å². The molecule has 2 amide bonds. The summed E-state index contributed by atoms with van der Waals surface area (Å²) in [5.74, 6) is -1.16. The number of amides is 2. The molecule has 0 saturated heterocycles. The summed E-state index contributed by atoms with van der Waals surface area (Å²) in [6.07, 6.45) is -3.12. The summed E-state index contributed by atoms with van der Waals surface area (Å²) in [6.45, 7) is 0.228. The quantitative estimate of drug-likeness (QED) is 0.667. The molecule has 6 nitrogen and oxygen atoms in total. The number of carbonyl (C=O) groups is 2. The third-order valence-electron chi connectivity index (χ3n) is 4.90. The zero-order chi connectivity index (χ0) is 22.0. The van der Waals surface area contributed by atoms with E-state index in [9.17, 15) is 22.8 Å². The van der Waals surface area contributed by atoms with Gasteiger partial charge in [0, 0.05) is 18.7 Å².